The first kappa shape index (κ1) is 29.8. The standard InChI is InChI=1S/C33H23Cl2N3O8/c34-18-5-10-23(26(35)13-18)33(43)46-20-8-3-16(4-9-20)27(39)15-36(30(40)17-1-6-19(7-2-17)38(44)45)37-31(41)28-21-11-12-22(25-14-24(21)25)29(28)32(37)42/h1-13,21-22,24-25,28-29H,14-15H2/t21-,22-,24-,25-,28-,29+/m0/s1. The van der Waals surface area contributed by atoms with E-state index in [1.54, 1.807) is 0 Å². The van der Waals surface area contributed by atoms with Gasteiger partial charge in [0.05, 0.1) is 27.3 Å². The van der Waals surface area contributed by atoms with Gasteiger partial charge in [-0.05, 0) is 84.7 Å². The zero-order valence-corrected chi connectivity index (χ0v) is 25.3. The number of benzene rings is 3. The molecule has 1 heterocycles. The Morgan fingerprint density at radius 1 is 0.870 bits per heavy atom. The number of ketones is 1. The smallest absolute Gasteiger partial charge is 0.345 e. The monoisotopic (exact) mass is 659 g/mol. The number of rotatable bonds is 8. The highest BCUT2D eigenvalue weighted by molar-refractivity contribution is 6.36. The van der Waals surface area contributed by atoms with Gasteiger partial charge >= 0.3 is 5.97 Å². The van der Waals surface area contributed by atoms with E-state index in [0.717, 1.165) is 28.6 Å². The van der Waals surface area contributed by atoms with Crippen LogP contribution in [0.5, 0.6) is 5.75 Å². The Morgan fingerprint density at radius 3 is 2.02 bits per heavy atom. The summed E-state index contributed by atoms with van der Waals surface area (Å²) in [6.07, 6.45) is 4.95. The van der Waals surface area contributed by atoms with Crippen molar-refractivity contribution in [2.75, 3.05) is 6.54 Å². The molecule has 3 fully saturated rings. The summed E-state index contributed by atoms with van der Waals surface area (Å²) in [6, 6.07) is 14.5. The van der Waals surface area contributed by atoms with Crippen molar-refractivity contribution in [3.8, 4) is 5.75 Å². The fraction of sp³-hybridized carbons (Fsp3) is 0.242. The topological polar surface area (TPSA) is 144 Å². The fourth-order valence-electron chi connectivity index (χ4n) is 7.04. The van der Waals surface area contributed by atoms with Crippen LogP contribution in [0.25, 0.3) is 0 Å². The Labute approximate surface area is 271 Å². The lowest BCUT2D eigenvalue weighted by molar-refractivity contribution is -0.384. The van der Waals surface area contributed by atoms with Crippen molar-refractivity contribution in [2.45, 2.75) is 6.42 Å². The third kappa shape index (κ3) is 4.96. The zero-order chi connectivity index (χ0) is 32.4. The van der Waals surface area contributed by atoms with Crippen LogP contribution in [-0.4, -0.2) is 51.0 Å². The van der Waals surface area contributed by atoms with E-state index >= 15 is 0 Å². The molecule has 8 rings (SSSR count). The minimum Gasteiger partial charge on any atom is -0.423 e. The number of carbonyl (C=O) groups excluding carboxylic acids is 5. The van der Waals surface area contributed by atoms with Gasteiger partial charge in [0.15, 0.2) is 5.78 Å². The van der Waals surface area contributed by atoms with E-state index in [9.17, 15) is 34.1 Å². The molecule has 0 radical (unpaired) electrons. The third-order valence-electron chi connectivity index (χ3n) is 9.27. The minimum atomic E-state index is -0.834. The highest BCUT2D eigenvalue weighted by Gasteiger charge is 2.68. The summed E-state index contributed by atoms with van der Waals surface area (Å²) >= 11 is 12.0. The van der Waals surface area contributed by atoms with Crippen LogP contribution in [0.3, 0.4) is 0 Å². The van der Waals surface area contributed by atoms with Gasteiger partial charge in [0.1, 0.15) is 12.3 Å². The number of carbonyl (C=O) groups is 5. The second kappa shape index (κ2) is 11.2. The largest absolute Gasteiger partial charge is 0.423 e. The Morgan fingerprint density at radius 2 is 1.46 bits per heavy atom. The maximum Gasteiger partial charge on any atom is 0.345 e. The highest BCUT2D eigenvalue weighted by atomic mass is 35.5. The summed E-state index contributed by atoms with van der Waals surface area (Å²) in [4.78, 5) is 78.3. The number of esters is 1. The van der Waals surface area contributed by atoms with Crippen LogP contribution in [0.1, 0.15) is 37.5 Å². The van der Waals surface area contributed by atoms with Gasteiger partial charge < -0.3 is 4.74 Å². The zero-order valence-electron chi connectivity index (χ0n) is 23.7. The molecule has 0 N–H and O–H groups in total. The second-order valence-corrected chi connectivity index (χ2v) is 12.6. The van der Waals surface area contributed by atoms with Gasteiger partial charge in [0, 0.05) is 28.3 Å². The number of non-ortho nitro benzene ring substituents is 1. The number of allylic oxidation sites excluding steroid dienone is 2. The van der Waals surface area contributed by atoms with Crippen LogP contribution in [0.15, 0.2) is 78.9 Å². The summed E-state index contributed by atoms with van der Waals surface area (Å²) in [7, 11) is 0. The molecule has 3 aromatic carbocycles. The molecule has 0 unspecified atom stereocenters. The van der Waals surface area contributed by atoms with Crippen LogP contribution < -0.4 is 4.74 Å². The summed E-state index contributed by atoms with van der Waals surface area (Å²) in [5.41, 5.74) is -0.0844. The van der Waals surface area contributed by atoms with Crippen molar-refractivity contribution >= 4 is 58.4 Å². The normalized spacial score (nSPS) is 25.1. The van der Waals surface area contributed by atoms with Gasteiger partial charge in [-0.2, -0.15) is 5.01 Å². The number of Topliss-reactive ketones (excluding diaryl/α,β-unsaturated/α-hetero) is 1. The number of hydrogen-bond donors (Lipinski definition) is 0. The number of nitro benzene ring substituents is 1. The van der Waals surface area contributed by atoms with Crippen LogP contribution in [0.2, 0.25) is 10.0 Å². The maximum absolute atomic E-state index is 13.9. The summed E-state index contributed by atoms with van der Waals surface area (Å²) in [6.45, 7) is -0.665. The molecule has 46 heavy (non-hydrogen) atoms. The summed E-state index contributed by atoms with van der Waals surface area (Å²) in [5.74, 6) is -3.92. The van der Waals surface area contributed by atoms with E-state index in [-0.39, 0.29) is 45.0 Å². The number of ether oxygens (including phenoxy) is 1. The SMILES string of the molecule is O=C(CN(C(=O)c1ccc([N+](=O)[O-])cc1)N1C(=O)[C@@H]2[C@H]3C=C[C@@H]([C@@H]4C[C@@H]34)[C@@H]2C1=O)c1ccc(OC(=O)c2ccc(Cl)cc2Cl)cc1. The molecule has 6 atom stereocenters. The number of nitro groups is 1. The number of hydrazine groups is 1. The predicted octanol–water partition coefficient (Wildman–Crippen LogP) is 5.41. The molecule has 1 saturated heterocycles. The minimum absolute atomic E-state index is 0.0408. The van der Waals surface area contributed by atoms with Gasteiger partial charge in [-0.3, -0.25) is 29.3 Å². The lowest BCUT2D eigenvalue weighted by Crippen LogP contribution is -2.52. The number of hydrogen-bond acceptors (Lipinski definition) is 8. The first-order chi connectivity index (χ1) is 22.0. The lowest BCUT2D eigenvalue weighted by atomic mass is 9.63. The fourth-order valence-corrected chi connectivity index (χ4v) is 7.53. The van der Waals surface area contributed by atoms with Gasteiger partial charge in [-0.1, -0.05) is 35.4 Å². The molecule has 2 bridgehead atoms. The van der Waals surface area contributed by atoms with Crippen LogP contribution >= 0.6 is 23.2 Å². The molecule has 11 nitrogen and oxygen atoms in total. The van der Waals surface area contributed by atoms with Crippen molar-refractivity contribution in [1.29, 1.82) is 0 Å². The Bertz CT molecular complexity index is 1840. The Kier molecular flexibility index (Phi) is 7.25. The van der Waals surface area contributed by atoms with E-state index in [0.29, 0.717) is 16.9 Å². The van der Waals surface area contributed by atoms with Gasteiger partial charge in [0.2, 0.25) is 0 Å². The highest BCUT2D eigenvalue weighted by Crippen LogP contribution is 2.65. The number of amides is 3. The Hall–Kier alpha value is -4.87. The van der Waals surface area contributed by atoms with Crippen molar-refractivity contribution in [1.82, 2.24) is 10.0 Å². The summed E-state index contributed by atoms with van der Waals surface area (Å²) in [5, 5.41) is 13.3. The van der Waals surface area contributed by atoms with Gasteiger partial charge in [-0.15, -0.1) is 0 Å². The van der Waals surface area contributed by atoms with Crippen molar-refractivity contribution < 1.29 is 33.6 Å². The van der Waals surface area contributed by atoms with E-state index in [4.69, 9.17) is 27.9 Å². The molecular weight excluding hydrogens is 637 g/mol. The molecule has 0 aromatic heterocycles. The molecule has 3 aromatic rings. The number of imide groups is 1. The van der Waals surface area contributed by atoms with E-state index < -0.39 is 52.8 Å². The molecular formula is C33H23Cl2N3O8. The average molecular weight is 660 g/mol. The van der Waals surface area contributed by atoms with Crippen LogP contribution in [0.4, 0.5) is 5.69 Å². The maximum atomic E-state index is 13.9. The first-order valence-electron chi connectivity index (χ1n) is 14.5. The van der Waals surface area contributed by atoms with Crippen molar-refractivity contribution in [3.63, 3.8) is 0 Å². The van der Waals surface area contributed by atoms with E-state index in [1.807, 2.05) is 12.2 Å². The molecule has 5 aliphatic rings. The molecule has 232 valence electrons. The lowest BCUT2D eigenvalue weighted by Gasteiger charge is -2.37. The molecule has 13 heteroatoms. The van der Waals surface area contributed by atoms with Crippen LogP contribution in [0, 0.1) is 45.6 Å². The second-order valence-electron chi connectivity index (χ2n) is 11.8. The molecule has 2 saturated carbocycles. The van der Waals surface area contributed by atoms with Crippen molar-refractivity contribution in [3.05, 3.63) is 116 Å². The quantitative estimate of drug-likeness (QED) is 0.0593. The molecule has 3 amide bonds. The molecule has 4 aliphatic carbocycles. The van der Waals surface area contributed by atoms with E-state index in [1.165, 1.54) is 54.6 Å². The van der Waals surface area contributed by atoms with E-state index in [2.05, 4.69) is 0 Å². The predicted molar refractivity (Wildman–Crippen MR) is 163 cm³/mol. The van der Waals surface area contributed by atoms with Gasteiger partial charge in [0.25, 0.3) is 23.4 Å². The average Bonchev–Trinajstić information content (AvgIpc) is 3.82. The third-order valence-corrected chi connectivity index (χ3v) is 9.82. The summed E-state index contributed by atoms with van der Waals surface area (Å²) < 4.78 is 5.37. The Balaban J connectivity index is 1.14. The number of halogens is 2. The first-order valence-corrected chi connectivity index (χ1v) is 15.2. The molecule has 1 aliphatic heterocycles. The van der Waals surface area contributed by atoms with Gasteiger partial charge in [-0.25, -0.2) is 9.80 Å². The molecule has 0 spiro atoms. The van der Waals surface area contributed by atoms with Crippen molar-refractivity contribution in [2.24, 2.45) is 35.5 Å². The number of nitrogens with zero attached hydrogens (tertiary/aromatic N) is 3. The van der Waals surface area contributed by atoms with Crippen LogP contribution in [-0.2, 0) is 9.59 Å².